The minimum absolute atomic E-state index is 0.0157. The Balaban J connectivity index is 2.44. The minimum atomic E-state index is -4.47. The van der Waals surface area contributed by atoms with Crippen LogP contribution in [0.1, 0.15) is 5.56 Å². The summed E-state index contributed by atoms with van der Waals surface area (Å²) in [6.07, 6.45) is -3.06. The number of benzene rings is 1. The molecule has 0 unspecified atom stereocenters. The molecule has 0 N–H and O–H groups in total. The van der Waals surface area contributed by atoms with Gasteiger partial charge in [-0.3, -0.25) is 0 Å². The molecule has 0 atom stereocenters. The second-order valence-electron chi connectivity index (χ2n) is 3.12. The lowest BCUT2D eigenvalue weighted by atomic mass is 10.3. The van der Waals surface area contributed by atoms with Gasteiger partial charge in [0.1, 0.15) is 11.5 Å². The average molecular weight is 230 g/mol. The van der Waals surface area contributed by atoms with Gasteiger partial charge < -0.3 is 0 Å². The van der Waals surface area contributed by atoms with Gasteiger partial charge in [-0.25, -0.2) is 9.07 Å². The van der Waals surface area contributed by atoms with Crippen LogP contribution in [0.4, 0.5) is 17.6 Å². The molecular weight excluding hydrogens is 224 g/mol. The van der Waals surface area contributed by atoms with Crippen molar-refractivity contribution < 1.29 is 17.6 Å². The Morgan fingerprint density at radius 2 is 1.81 bits per heavy atom. The Hall–Kier alpha value is -1.85. The molecule has 0 spiro atoms. The van der Waals surface area contributed by atoms with Crippen LogP contribution in [-0.4, -0.2) is 9.78 Å². The van der Waals surface area contributed by atoms with E-state index in [1.54, 1.807) is 0 Å². The molecule has 0 fully saturated rings. The van der Waals surface area contributed by atoms with Gasteiger partial charge in [0.25, 0.3) is 0 Å². The quantitative estimate of drug-likeness (QED) is 0.688. The van der Waals surface area contributed by atoms with Crippen molar-refractivity contribution in [1.82, 2.24) is 9.78 Å². The van der Waals surface area contributed by atoms with Crippen molar-refractivity contribution in [2.24, 2.45) is 0 Å². The van der Waals surface area contributed by atoms with E-state index in [4.69, 9.17) is 0 Å². The van der Waals surface area contributed by atoms with Gasteiger partial charge in [-0.05, 0) is 12.1 Å². The van der Waals surface area contributed by atoms with E-state index in [9.17, 15) is 17.6 Å². The molecular formula is C10H6F4N2. The van der Waals surface area contributed by atoms with Crippen LogP contribution in [0.5, 0.6) is 0 Å². The maximum atomic E-state index is 13.2. The molecule has 0 aliphatic rings. The zero-order valence-corrected chi connectivity index (χ0v) is 7.87. The first-order valence-corrected chi connectivity index (χ1v) is 4.35. The molecule has 0 saturated heterocycles. The van der Waals surface area contributed by atoms with Gasteiger partial charge in [0, 0.05) is 6.20 Å². The predicted molar refractivity (Wildman–Crippen MR) is 48.5 cm³/mol. The third-order valence-corrected chi connectivity index (χ3v) is 2.01. The Morgan fingerprint density at radius 3 is 2.38 bits per heavy atom. The van der Waals surface area contributed by atoms with Crippen LogP contribution in [0.25, 0.3) is 5.69 Å². The number of hydrogen-bond donors (Lipinski definition) is 0. The normalized spacial score (nSPS) is 11.8. The number of hydrogen-bond acceptors (Lipinski definition) is 1. The largest absolute Gasteiger partial charge is 0.419 e. The van der Waals surface area contributed by atoms with Crippen molar-refractivity contribution in [1.29, 1.82) is 0 Å². The summed E-state index contributed by atoms with van der Waals surface area (Å²) in [7, 11) is 0. The standard InChI is InChI=1S/C10H6F4N2/c11-8-3-1-2-4-9(8)16-6-7(5-15-16)10(12,13)14/h1-6H. The van der Waals surface area contributed by atoms with Crippen LogP contribution < -0.4 is 0 Å². The van der Waals surface area contributed by atoms with Gasteiger partial charge in [0.05, 0.1) is 11.8 Å². The summed E-state index contributed by atoms with van der Waals surface area (Å²) in [5.74, 6) is -0.626. The average Bonchev–Trinajstić information content (AvgIpc) is 2.66. The van der Waals surface area contributed by atoms with Gasteiger partial charge in [0.2, 0.25) is 0 Å². The van der Waals surface area contributed by atoms with E-state index >= 15 is 0 Å². The Bertz CT molecular complexity index is 502. The molecule has 2 nitrogen and oxygen atoms in total. The van der Waals surface area contributed by atoms with Gasteiger partial charge in [-0.15, -0.1) is 0 Å². The van der Waals surface area contributed by atoms with E-state index in [0.717, 1.165) is 16.9 Å². The molecule has 2 aromatic rings. The third-order valence-electron chi connectivity index (χ3n) is 2.01. The number of halogens is 4. The number of aromatic nitrogens is 2. The fourth-order valence-corrected chi connectivity index (χ4v) is 1.24. The first-order chi connectivity index (χ1) is 7.48. The lowest BCUT2D eigenvalue weighted by molar-refractivity contribution is -0.137. The summed E-state index contributed by atoms with van der Waals surface area (Å²) in [5.41, 5.74) is -0.922. The van der Waals surface area contributed by atoms with Gasteiger partial charge in [-0.1, -0.05) is 12.1 Å². The summed E-state index contributed by atoms with van der Waals surface area (Å²) in [6.45, 7) is 0. The molecule has 1 heterocycles. The molecule has 0 aliphatic heterocycles. The number of rotatable bonds is 1. The Morgan fingerprint density at radius 1 is 1.12 bits per heavy atom. The van der Waals surface area contributed by atoms with E-state index in [1.165, 1.54) is 18.2 Å². The van der Waals surface area contributed by atoms with Crippen LogP contribution in [-0.2, 0) is 6.18 Å². The fourth-order valence-electron chi connectivity index (χ4n) is 1.24. The lowest BCUT2D eigenvalue weighted by Crippen LogP contribution is -2.03. The van der Waals surface area contributed by atoms with Crippen LogP contribution in [0.3, 0.4) is 0 Å². The molecule has 0 bridgehead atoms. The van der Waals surface area contributed by atoms with E-state index in [-0.39, 0.29) is 5.69 Å². The lowest BCUT2D eigenvalue weighted by Gasteiger charge is -2.03. The number of alkyl halides is 3. The summed E-state index contributed by atoms with van der Waals surface area (Å²) in [6, 6.07) is 5.48. The summed E-state index contributed by atoms with van der Waals surface area (Å²) < 4.78 is 50.9. The zero-order chi connectivity index (χ0) is 11.8. The number of nitrogens with zero attached hydrogens (tertiary/aromatic N) is 2. The second-order valence-corrected chi connectivity index (χ2v) is 3.12. The van der Waals surface area contributed by atoms with Crippen molar-refractivity contribution in [3.63, 3.8) is 0 Å². The maximum absolute atomic E-state index is 13.2. The van der Waals surface area contributed by atoms with Crippen LogP contribution in [0.15, 0.2) is 36.7 Å². The highest BCUT2D eigenvalue weighted by Gasteiger charge is 2.32. The van der Waals surface area contributed by atoms with Crippen molar-refractivity contribution in [3.8, 4) is 5.69 Å². The highest BCUT2D eigenvalue weighted by Crippen LogP contribution is 2.29. The molecule has 2 rings (SSSR count). The zero-order valence-electron chi connectivity index (χ0n) is 7.87. The first-order valence-electron chi connectivity index (χ1n) is 4.35. The highest BCUT2D eigenvalue weighted by atomic mass is 19.4. The molecule has 0 saturated carbocycles. The van der Waals surface area contributed by atoms with E-state index in [0.29, 0.717) is 6.20 Å². The molecule has 1 aromatic heterocycles. The molecule has 6 heteroatoms. The van der Waals surface area contributed by atoms with E-state index < -0.39 is 17.6 Å². The van der Waals surface area contributed by atoms with Gasteiger partial charge >= 0.3 is 6.18 Å². The van der Waals surface area contributed by atoms with Crippen LogP contribution in [0, 0.1) is 5.82 Å². The molecule has 0 amide bonds. The van der Waals surface area contributed by atoms with Crippen molar-refractivity contribution in [2.45, 2.75) is 6.18 Å². The van der Waals surface area contributed by atoms with Gasteiger partial charge in [0.15, 0.2) is 0 Å². The SMILES string of the molecule is Fc1ccccc1-n1cc(C(F)(F)F)cn1. The second kappa shape index (κ2) is 3.62. The smallest absolute Gasteiger partial charge is 0.237 e. The predicted octanol–water partition coefficient (Wildman–Crippen LogP) is 3.03. The van der Waals surface area contributed by atoms with Crippen molar-refractivity contribution in [3.05, 3.63) is 48.0 Å². The first kappa shape index (κ1) is 10.7. The molecule has 16 heavy (non-hydrogen) atoms. The highest BCUT2D eigenvalue weighted by molar-refractivity contribution is 5.33. The van der Waals surface area contributed by atoms with Gasteiger partial charge in [-0.2, -0.15) is 18.3 Å². The van der Waals surface area contributed by atoms with E-state index in [2.05, 4.69) is 5.10 Å². The fraction of sp³-hybridized carbons (Fsp3) is 0.100. The molecule has 84 valence electrons. The Labute approximate surface area is 88.1 Å². The third kappa shape index (κ3) is 1.91. The maximum Gasteiger partial charge on any atom is 0.419 e. The molecule has 0 aliphatic carbocycles. The number of para-hydroxylation sites is 1. The summed E-state index contributed by atoms with van der Waals surface area (Å²) >= 11 is 0. The Kier molecular flexibility index (Phi) is 2.41. The van der Waals surface area contributed by atoms with Crippen molar-refractivity contribution in [2.75, 3.05) is 0 Å². The summed E-state index contributed by atoms with van der Waals surface area (Å²) in [4.78, 5) is 0. The topological polar surface area (TPSA) is 17.8 Å². The van der Waals surface area contributed by atoms with Crippen molar-refractivity contribution >= 4 is 0 Å². The summed E-state index contributed by atoms with van der Waals surface area (Å²) in [5, 5.41) is 3.47. The minimum Gasteiger partial charge on any atom is -0.237 e. The molecule has 1 aromatic carbocycles. The van der Waals surface area contributed by atoms with Crippen LogP contribution >= 0.6 is 0 Å². The monoisotopic (exact) mass is 230 g/mol. The molecule has 0 radical (unpaired) electrons. The van der Waals surface area contributed by atoms with Crippen LogP contribution in [0.2, 0.25) is 0 Å². The van der Waals surface area contributed by atoms with E-state index in [1.807, 2.05) is 0 Å².